The number of hydrogen-bond donors (Lipinski definition) is 2. The van der Waals surface area contributed by atoms with Crippen molar-refractivity contribution in [1.29, 1.82) is 0 Å². The topological polar surface area (TPSA) is 92.3 Å². The van der Waals surface area contributed by atoms with E-state index in [1.807, 2.05) is 6.92 Å². The van der Waals surface area contributed by atoms with Gasteiger partial charge in [-0.05, 0) is 37.6 Å². The van der Waals surface area contributed by atoms with Crippen LogP contribution in [-0.2, 0) is 19.9 Å². The Morgan fingerprint density at radius 3 is 2.41 bits per heavy atom. The summed E-state index contributed by atoms with van der Waals surface area (Å²) in [5.41, 5.74) is -0.470. The Bertz CT molecular complexity index is 732. The highest BCUT2D eigenvalue weighted by atomic mass is 79.9. The highest BCUT2D eigenvalue weighted by Gasteiger charge is 2.37. The highest BCUT2D eigenvalue weighted by Crippen LogP contribution is 2.22. The van der Waals surface area contributed by atoms with E-state index in [1.54, 1.807) is 12.1 Å². The van der Waals surface area contributed by atoms with E-state index in [4.69, 9.17) is 0 Å². The van der Waals surface area contributed by atoms with E-state index in [1.165, 1.54) is 12.1 Å². The van der Waals surface area contributed by atoms with Crippen LogP contribution in [0.15, 0.2) is 33.6 Å². The summed E-state index contributed by atoms with van der Waals surface area (Å²) in [5.74, 6) is 0.278. The van der Waals surface area contributed by atoms with Crippen molar-refractivity contribution in [2.45, 2.75) is 23.8 Å². The Labute approximate surface area is 139 Å². The van der Waals surface area contributed by atoms with E-state index < -0.39 is 25.4 Å². The zero-order valence-electron chi connectivity index (χ0n) is 12.2. The van der Waals surface area contributed by atoms with E-state index in [2.05, 4.69) is 26.0 Å². The van der Waals surface area contributed by atoms with Gasteiger partial charge in [-0.25, -0.2) is 21.6 Å². The molecule has 2 rings (SSSR count). The fourth-order valence-electron chi connectivity index (χ4n) is 2.40. The summed E-state index contributed by atoms with van der Waals surface area (Å²) in [6.45, 7) is 2.43. The number of hydrogen-bond acceptors (Lipinski definition) is 5. The van der Waals surface area contributed by atoms with Gasteiger partial charge in [0, 0.05) is 23.1 Å². The van der Waals surface area contributed by atoms with Gasteiger partial charge in [0.1, 0.15) is 0 Å². The molecule has 0 saturated carbocycles. The first-order valence-corrected chi connectivity index (χ1v) is 10.9. The molecule has 2 N–H and O–H groups in total. The largest absolute Gasteiger partial charge is 0.309 e. The fourth-order valence-corrected chi connectivity index (χ4v) is 5.82. The van der Waals surface area contributed by atoms with Crippen molar-refractivity contribution >= 4 is 35.8 Å². The number of sulfonamides is 1. The number of benzene rings is 1. The minimum Gasteiger partial charge on any atom is -0.309 e. The normalized spacial score (nSPS) is 24.5. The van der Waals surface area contributed by atoms with E-state index in [9.17, 15) is 16.8 Å². The summed E-state index contributed by atoms with van der Waals surface area (Å²) < 4.78 is 50.4. The van der Waals surface area contributed by atoms with Crippen LogP contribution in [0.1, 0.15) is 13.3 Å². The summed E-state index contributed by atoms with van der Waals surface area (Å²) >= 11 is 3.25. The molecule has 1 aromatic carbocycles. The summed E-state index contributed by atoms with van der Waals surface area (Å²) in [5, 5.41) is 3.13. The third-order valence-corrected chi connectivity index (χ3v) is 7.50. The molecule has 22 heavy (non-hydrogen) atoms. The Hall–Kier alpha value is -0.480. The standard InChI is InChI=1S/C13H19BrN2O4S2/c1-13(6-9-21(17,18)10-13)15-7-8-16-22(19,20)12-4-2-11(14)3-5-12/h2-5,15-16H,6-10H2,1H3/t13-/m0/s1. The van der Waals surface area contributed by atoms with Crippen LogP contribution in [0.5, 0.6) is 0 Å². The molecule has 0 aliphatic carbocycles. The van der Waals surface area contributed by atoms with Gasteiger partial charge in [-0.15, -0.1) is 0 Å². The Morgan fingerprint density at radius 1 is 1.23 bits per heavy atom. The Balaban J connectivity index is 1.85. The second kappa shape index (κ2) is 6.56. The van der Waals surface area contributed by atoms with Crippen molar-refractivity contribution in [2.24, 2.45) is 0 Å². The zero-order chi connectivity index (χ0) is 16.4. The first-order chi connectivity index (χ1) is 10.1. The lowest BCUT2D eigenvalue weighted by molar-refractivity contribution is 0.400. The molecule has 0 bridgehead atoms. The molecule has 6 nitrogen and oxygen atoms in total. The first kappa shape index (κ1) is 17.9. The molecule has 0 amide bonds. The third-order valence-electron chi connectivity index (χ3n) is 3.60. The van der Waals surface area contributed by atoms with Gasteiger partial charge in [-0.3, -0.25) is 0 Å². The molecule has 1 aliphatic rings. The number of rotatable bonds is 6. The summed E-state index contributed by atoms with van der Waals surface area (Å²) in [7, 11) is -6.52. The minimum atomic E-state index is -3.54. The van der Waals surface area contributed by atoms with Gasteiger partial charge in [0.15, 0.2) is 9.84 Å². The maximum Gasteiger partial charge on any atom is 0.240 e. The molecule has 1 fully saturated rings. The maximum atomic E-state index is 12.1. The number of sulfone groups is 1. The molecule has 1 heterocycles. The van der Waals surface area contributed by atoms with E-state index in [0.717, 1.165) is 4.47 Å². The molecule has 0 aromatic heterocycles. The Morgan fingerprint density at radius 2 is 1.86 bits per heavy atom. The molecule has 1 aliphatic heterocycles. The van der Waals surface area contributed by atoms with Gasteiger partial charge in [0.25, 0.3) is 0 Å². The van der Waals surface area contributed by atoms with Gasteiger partial charge in [0.05, 0.1) is 16.4 Å². The van der Waals surface area contributed by atoms with Crippen LogP contribution in [0.2, 0.25) is 0 Å². The summed E-state index contributed by atoms with van der Waals surface area (Å²) in [6, 6.07) is 6.36. The predicted octanol–water partition coefficient (Wildman–Crippen LogP) is 0.894. The van der Waals surface area contributed by atoms with Crippen molar-refractivity contribution in [3.05, 3.63) is 28.7 Å². The molecular formula is C13H19BrN2O4S2. The lowest BCUT2D eigenvalue weighted by atomic mass is 10.0. The average molecular weight is 411 g/mol. The molecule has 0 radical (unpaired) electrons. The third kappa shape index (κ3) is 4.76. The maximum absolute atomic E-state index is 12.1. The van der Waals surface area contributed by atoms with Crippen molar-refractivity contribution in [2.75, 3.05) is 24.6 Å². The summed E-state index contributed by atoms with van der Waals surface area (Å²) in [4.78, 5) is 0.199. The zero-order valence-corrected chi connectivity index (χ0v) is 15.4. The average Bonchev–Trinajstić information content (AvgIpc) is 2.70. The molecule has 0 spiro atoms. The molecule has 1 atom stereocenters. The molecule has 124 valence electrons. The van der Waals surface area contributed by atoms with Gasteiger partial charge in [-0.2, -0.15) is 0 Å². The van der Waals surface area contributed by atoms with Gasteiger partial charge in [0.2, 0.25) is 10.0 Å². The number of halogens is 1. The van der Waals surface area contributed by atoms with Crippen molar-refractivity contribution in [3.8, 4) is 0 Å². The Kier molecular flexibility index (Phi) is 5.33. The smallest absolute Gasteiger partial charge is 0.240 e. The lowest BCUT2D eigenvalue weighted by Crippen LogP contribution is -2.46. The summed E-state index contributed by atoms with van der Waals surface area (Å²) in [6.07, 6.45) is 0.550. The minimum absolute atomic E-state index is 0.0967. The van der Waals surface area contributed by atoms with Crippen molar-refractivity contribution in [3.63, 3.8) is 0 Å². The second-order valence-corrected chi connectivity index (χ2v) is 10.5. The lowest BCUT2D eigenvalue weighted by Gasteiger charge is -2.24. The highest BCUT2D eigenvalue weighted by molar-refractivity contribution is 9.10. The molecule has 9 heteroatoms. The molecule has 1 aromatic rings. The van der Waals surface area contributed by atoms with Crippen LogP contribution in [-0.4, -0.2) is 47.0 Å². The predicted molar refractivity (Wildman–Crippen MR) is 89.0 cm³/mol. The number of nitrogens with one attached hydrogen (secondary N) is 2. The SMILES string of the molecule is C[C@]1(NCCNS(=O)(=O)c2ccc(Br)cc2)CCS(=O)(=O)C1. The van der Waals surface area contributed by atoms with Crippen LogP contribution in [0.25, 0.3) is 0 Å². The second-order valence-electron chi connectivity index (χ2n) is 5.68. The van der Waals surface area contributed by atoms with Crippen LogP contribution in [0, 0.1) is 0 Å². The monoisotopic (exact) mass is 410 g/mol. The quantitative estimate of drug-likeness (QED) is 0.679. The van der Waals surface area contributed by atoms with Gasteiger partial charge >= 0.3 is 0 Å². The molecular weight excluding hydrogens is 392 g/mol. The molecule has 0 unspecified atom stereocenters. The van der Waals surface area contributed by atoms with Crippen molar-refractivity contribution < 1.29 is 16.8 Å². The first-order valence-electron chi connectivity index (χ1n) is 6.83. The van der Waals surface area contributed by atoms with Gasteiger partial charge in [-0.1, -0.05) is 15.9 Å². The van der Waals surface area contributed by atoms with E-state index >= 15 is 0 Å². The van der Waals surface area contributed by atoms with E-state index in [-0.39, 0.29) is 22.9 Å². The van der Waals surface area contributed by atoms with E-state index in [0.29, 0.717) is 13.0 Å². The van der Waals surface area contributed by atoms with Crippen LogP contribution < -0.4 is 10.0 Å². The van der Waals surface area contributed by atoms with Crippen molar-refractivity contribution in [1.82, 2.24) is 10.0 Å². The molecule has 1 saturated heterocycles. The van der Waals surface area contributed by atoms with Crippen LogP contribution in [0.4, 0.5) is 0 Å². The van der Waals surface area contributed by atoms with Crippen LogP contribution in [0.3, 0.4) is 0 Å². The van der Waals surface area contributed by atoms with Gasteiger partial charge < -0.3 is 5.32 Å². The fraction of sp³-hybridized carbons (Fsp3) is 0.538. The van der Waals surface area contributed by atoms with Crippen LogP contribution >= 0.6 is 15.9 Å².